The van der Waals surface area contributed by atoms with Crippen LogP contribution >= 0.6 is 0 Å². The van der Waals surface area contributed by atoms with Crippen LogP contribution in [0.3, 0.4) is 0 Å². The van der Waals surface area contributed by atoms with Crippen molar-refractivity contribution >= 4 is 5.91 Å². The van der Waals surface area contributed by atoms with Crippen molar-refractivity contribution in [2.75, 3.05) is 13.2 Å². The first-order valence-corrected chi connectivity index (χ1v) is 8.33. The summed E-state index contributed by atoms with van der Waals surface area (Å²) < 4.78 is 0. The van der Waals surface area contributed by atoms with E-state index in [0.29, 0.717) is 13.0 Å². The monoisotopic (exact) mass is 283 g/mol. The van der Waals surface area contributed by atoms with Crippen molar-refractivity contribution in [3.05, 3.63) is 12.2 Å². The zero-order chi connectivity index (χ0) is 14.9. The third-order valence-electron chi connectivity index (χ3n) is 3.35. The topological polar surface area (TPSA) is 49.3 Å². The molecule has 0 rings (SSSR count). The number of aliphatic hydroxyl groups excluding tert-OH is 1. The Bertz CT molecular complexity index is 239. The molecular formula is C17H33NO2. The molecule has 0 heterocycles. The standard InChI is InChI=1S/C17H33NO2/c1-2-3-4-5-6-7-8-9-10-11-12-13-14-17(20)18-15-16-19/h6-7,19H,2-5,8-16H2,1H3,(H,18,20)/b7-6-. The van der Waals surface area contributed by atoms with Crippen LogP contribution in [-0.4, -0.2) is 24.2 Å². The Morgan fingerprint density at radius 3 is 2.20 bits per heavy atom. The van der Waals surface area contributed by atoms with E-state index in [-0.39, 0.29) is 12.5 Å². The van der Waals surface area contributed by atoms with Gasteiger partial charge in [-0.1, -0.05) is 51.2 Å². The van der Waals surface area contributed by atoms with Gasteiger partial charge >= 0.3 is 0 Å². The Kier molecular flexibility index (Phi) is 15.6. The van der Waals surface area contributed by atoms with E-state index >= 15 is 0 Å². The summed E-state index contributed by atoms with van der Waals surface area (Å²) in [4.78, 5) is 11.3. The number of carbonyl (C=O) groups is 1. The first-order chi connectivity index (χ1) is 9.81. The number of nitrogens with one attached hydrogen (secondary N) is 1. The van der Waals surface area contributed by atoms with Crippen molar-refractivity contribution in [1.82, 2.24) is 5.32 Å². The lowest BCUT2D eigenvalue weighted by atomic mass is 10.1. The molecule has 0 spiro atoms. The van der Waals surface area contributed by atoms with Gasteiger partial charge in [-0.15, -0.1) is 0 Å². The highest BCUT2D eigenvalue weighted by atomic mass is 16.3. The summed E-state index contributed by atoms with van der Waals surface area (Å²) >= 11 is 0. The van der Waals surface area contributed by atoms with Gasteiger partial charge in [0.15, 0.2) is 0 Å². The van der Waals surface area contributed by atoms with Gasteiger partial charge in [0.25, 0.3) is 0 Å². The molecule has 0 bridgehead atoms. The minimum atomic E-state index is 0.0255. The quantitative estimate of drug-likeness (QED) is 0.374. The maximum absolute atomic E-state index is 11.3. The summed E-state index contributed by atoms with van der Waals surface area (Å²) in [5, 5.41) is 11.2. The lowest BCUT2D eigenvalue weighted by Crippen LogP contribution is -2.25. The Hall–Kier alpha value is -0.830. The second-order valence-electron chi connectivity index (χ2n) is 5.35. The second-order valence-corrected chi connectivity index (χ2v) is 5.35. The summed E-state index contributed by atoms with van der Waals surface area (Å²) in [6, 6.07) is 0. The summed E-state index contributed by atoms with van der Waals surface area (Å²) in [5.74, 6) is 0.0639. The molecule has 0 aromatic carbocycles. The van der Waals surface area contributed by atoms with Gasteiger partial charge in [0.05, 0.1) is 6.61 Å². The van der Waals surface area contributed by atoms with Gasteiger partial charge in [-0.05, 0) is 32.1 Å². The molecule has 0 saturated heterocycles. The predicted molar refractivity (Wildman–Crippen MR) is 85.7 cm³/mol. The molecule has 0 aromatic rings. The van der Waals surface area contributed by atoms with Gasteiger partial charge < -0.3 is 10.4 Å². The van der Waals surface area contributed by atoms with Crippen LogP contribution in [0.2, 0.25) is 0 Å². The Balaban J connectivity index is 3.14. The molecule has 0 aromatic heterocycles. The van der Waals surface area contributed by atoms with E-state index in [9.17, 15) is 4.79 Å². The number of carbonyl (C=O) groups excluding carboxylic acids is 1. The molecule has 3 heteroatoms. The van der Waals surface area contributed by atoms with E-state index < -0.39 is 0 Å². The first-order valence-electron chi connectivity index (χ1n) is 8.33. The molecule has 20 heavy (non-hydrogen) atoms. The van der Waals surface area contributed by atoms with Crippen LogP contribution in [0.25, 0.3) is 0 Å². The number of aliphatic hydroxyl groups is 1. The van der Waals surface area contributed by atoms with E-state index in [1.165, 1.54) is 51.4 Å². The molecule has 0 fully saturated rings. The van der Waals surface area contributed by atoms with Crippen molar-refractivity contribution in [3.63, 3.8) is 0 Å². The first kappa shape index (κ1) is 19.2. The van der Waals surface area contributed by atoms with E-state index in [1.54, 1.807) is 0 Å². The highest BCUT2D eigenvalue weighted by molar-refractivity contribution is 5.75. The zero-order valence-corrected chi connectivity index (χ0v) is 13.2. The highest BCUT2D eigenvalue weighted by Gasteiger charge is 1.99. The average molecular weight is 283 g/mol. The van der Waals surface area contributed by atoms with Crippen molar-refractivity contribution in [2.24, 2.45) is 0 Å². The van der Waals surface area contributed by atoms with Gasteiger partial charge in [0, 0.05) is 13.0 Å². The number of hydrogen-bond donors (Lipinski definition) is 2. The van der Waals surface area contributed by atoms with Gasteiger partial charge in [-0.25, -0.2) is 0 Å². The van der Waals surface area contributed by atoms with Crippen LogP contribution in [-0.2, 0) is 4.79 Å². The van der Waals surface area contributed by atoms with Crippen LogP contribution < -0.4 is 5.32 Å². The smallest absolute Gasteiger partial charge is 0.220 e. The number of hydrogen-bond acceptors (Lipinski definition) is 2. The molecule has 2 N–H and O–H groups in total. The lowest BCUT2D eigenvalue weighted by molar-refractivity contribution is -0.121. The maximum Gasteiger partial charge on any atom is 0.220 e. The predicted octanol–water partition coefficient (Wildman–Crippen LogP) is 3.96. The Labute approximate surface area is 124 Å². The van der Waals surface area contributed by atoms with E-state index in [0.717, 1.165) is 12.8 Å². The van der Waals surface area contributed by atoms with Crippen LogP contribution in [0.1, 0.15) is 77.6 Å². The number of amides is 1. The molecule has 0 radical (unpaired) electrons. The van der Waals surface area contributed by atoms with Crippen LogP contribution in [0, 0.1) is 0 Å². The fraction of sp³-hybridized carbons (Fsp3) is 0.824. The Morgan fingerprint density at radius 1 is 0.950 bits per heavy atom. The number of rotatable bonds is 14. The van der Waals surface area contributed by atoms with Gasteiger partial charge in [-0.2, -0.15) is 0 Å². The van der Waals surface area contributed by atoms with E-state index in [4.69, 9.17) is 5.11 Å². The van der Waals surface area contributed by atoms with Gasteiger partial charge in [0.2, 0.25) is 5.91 Å². The molecule has 0 saturated carbocycles. The van der Waals surface area contributed by atoms with Crippen LogP contribution in [0.4, 0.5) is 0 Å². The molecular weight excluding hydrogens is 250 g/mol. The fourth-order valence-electron chi connectivity index (χ4n) is 2.11. The molecule has 0 unspecified atom stereocenters. The highest BCUT2D eigenvalue weighted by Crippen LogP contribution is 2.08. The minimum absolute atomic E-state index is 0.0255. The molecule has 0 atom stereocenters. The molecule has 0 aliphatic heterocycles. The fourth-order valence-corrected chi connectivity index (χ4v) is 2.11. The van der Waals surface area contributed by atoms with Crippen molar-refractivity contribution in [3.8, 4) is 0 Å². The lowest BCUT2D eigenvalue weighted by Gasteiger charge is -2.03. The number of allylic oxidation sites excluding steroid dienone is 2. The van der Waals surface area contributed by atoms with Crippen LogP contribution in [0.15, 0.2) is 12.2 Å². The van der Waals surface area contributed by atoms with Gasteiger partial charge in [0.1, 0.15) is 0 Å². The molecule has 3 nitrogen and oxygen atoms in total. The summed E-state index contributed by atoms with van der Waals surface area (Å²) in [5.41, 5.74) is 0. The normalized spacial score (nSPS) is 11.1. The SMILES string of the molecule is CCCCC/C=C\CCCCCCCC(=O)NCCO. The van der Waals surface area contributed by atoms with Crippen molar-refractivity contribution in [2.45, 2.75) is 77.6 Å². The van der Waals surface area contributed by atoms with Crippen LogP contribution in [0.5, 0.6) is 0 Å². The summed E-state index contributed by atoms with van der Waals surface area (Å²) in [7, 11) is 0. The van der Waals surface area contributed by atoms with Crippen molar-refractivity contribution in [1.29, 1.82) is 0 Å². The largest absolute Gasteiger partial charge is 0.395 e. The molecule has 0 aliphatic rings. The second kappa shape index (κ2) is 16.2. The summed E-state index contributed by atoms with van der Waals surface area (Å²) in [6.45, 7) is 2.64. The molecule has 0 aliphatic carbocycles. The third kappa shape index (κ3) is 15.2. The van der Waals surface area contributed by atoms with E-state index in [1.807, 2.05) is 0 Å². The minimum Gasteiger partial charge on any atom is -0.395 e. The average Bonchev–Trinajstić information content (AvgIpc) is 2.46. The number of unbranched alkanes of at least 4 members (excludes halogenated alkanes) is 8. The van der Waals surface area contributed by atoms with Crippen molar-refractivity contribution < 1.29 is 9.90 Å². The molecule has 1 amide bonds. The zero-order valence-electron chi connectivity index (χ0n) is 13.2. The van der Waals surface area contributed by atoms with E-state index in [2.05, 4.69) is 24.4 Å². The molecule has 118 valence electrons. The van der Waals surface area contributed by atoms with Gasteiger partial charge in [-0.3, -0.25) is 4.79 Å². The maximum atomic E-state index is 11.3. The third-order valence-corrected chi connectivity index (χ3v) is 3.35. The Morgan fingerprint density at radius 2 is 1.55 bits per heavy atom. The summed E-state index contributed by atoms with van der Waals surface area (Å²) in [6.07, 6.45) is 17.5.